The van der Waals surface area contributed by atoms with Crippen molar-refractivity contribution < 1.29 is 13.3 Å². The van der Waals surface area contributed by atoms with Crippen LogP contribution in [0.3, 0.4) is 0 Å². The number of rotatable bonds is 4. The number of nitrogens with zero attached hydrogens (tertiary/aromatic N) is 1. The normalized spacial score (nSPS) is 11.3. The molecule has 3 aromatic rings. The Labute approximate surface area is 132 Å². The van der Waals surface area contributed by atoms with E-state index < -0.39 is 20.6 Å². The Hall–Kier alpha value is -2.93. The summed E-state index contributed by atoms with van der Waals surface area (Å²) >= 11 is 0. The Morgan fingerprint density at radius 3 is 2.26 bits per heavy atom. The number of anilines is 1. The fourth-order valence-electron chi connectivity index (χ4n) is 2.30. The molecule has 0 bridgehead atoms. The molecule has 1 N–H and O–H groups in total. The molecule has 6 nitrogen and oxygen atoms in total. The van der Waals surface area contributed by atoms with Crippen LogP contribution in [0.4, 0.5) is 11.4 Å². The third kappa shape index (κ3) is 3.00. The summed E-state index contributed by atoms with van der Waals surface area (Å²) in [7, 11) is -4.05. The lowest BCUT2D eigenvalue weighted by atomic mass is 10.1. The van der Waals surface area contributed by atoms with Crippen LogP contribution in [0.15, 0.2) is 71.6 Å². The number of hydrogen-bond acceptors (Lipinski definition) is 4. The molecule has 0 spiro atoms. The van der Waals surface area contributed by atoms with E-state index in [9.17, 15) is 18.5 Å². The van der Waals surface area contributed by atoms with Crippen molar-refractivity contribution in [1.29, 1.82) is 0 Å². The third-order valence-corrected chi connectivity index (χ3v) is 4.78. The van der Waals surface area contributed by atoms with Crippen LogP contribution in [-0.2, 0) is 10.0 Å². The summed E-state index contributed by atoms with van der Waals surface area (Å²) in [6.07, 6.45) is 0. The summed E-state index contributed by atoms with van der Waals surface area (Å²) in [6, 6.07) is 17.8. The van der Waals surface area contributed by atoms with Crippen molar-refractivity contribution >= 4 is 32.2 Å². The van der Waals surface area contributed by atoms with Crippen LogP contribution in [0.2, 0.25) is 0 Å². The number of nitro groups is 1. The van der Waals surface area contributed by atoms with Gasteiger partial charge in [0.25, 0.3) is 15.7 Å². The number of sulfonamides is 1. The van der Waals surface area contributed by atoms with Gasteiger partial charge in [-0.1, -0.05) is 42.5 Å². The maximum absolute atomic E-state index is 12.4. The van der Waals surface area contributed by atoms with Gasteiger partial charge in [0, 0.05) is 11.8 Å². The van der Waals surface area contributed by atoms with E-state index in [4.69, 9.17) is 0 Å². The number of benzene rings is 3. The SMILES string of the molecule is O=[N+]([O-])c1ccccc1S(=O)(=O)Nc1ccc2ccccc2c1. The van der Waals surface area contributed by atoms with E-state index in [1.54, 1.807) is 18.2 Å². The molecule has 0 radical (unpaired) electrons. The lowest BCUT2D eigenvalue weighted by molar-refractivity contribution is -0.387. The molecule has 0 aromatic heterocycles. The summed E-state index contributed by atoms with van der Waals surface area (Å²) < 4.78 is 27.3. The van der Waals surface area contributed by atoms with Crippen molar-refractivity contribution in [2.24, 2.45) is 0 Å². The number of nitro benzene ring substituents is 1. The monoisotopic (exact) mass is 328 g/mol. The van der Waals surface area contributed by atoms with Gasteiger partial charge in [0.2, 0.25) is 0 Å². The Morgan fingerprint density at radius 2 is 1.52 bits per heavy atom. The molecular weight excluding hydrogens is 316 g/mol. The van der Waals surface area contributed by atoms with E-state index >= 15 is 0 Å². The first-order chi connectivity index (χ1) is 11.0. The van der Waals surface area contributed by atoms with Crippen LogP contribution >= 0.6 is 0 Å². The van der Waals surface area contributed by atoms with Crippen LogP contribution in [0.5, 0.6) is 0 Å². The second-order valence-corrected chi connectivity index (χ2v) is 6.54. The van der Waals surface area contributed by atoms with Gasteiger partial charge in [-0.05, 0) is 29.0 Å². The minimum atomic E-state index is -4.05. The Kier molecular flexibility index (Phi) is 3.71. The first kappa shape index (κ1) is 15.0. The average molecular weight is 328 g/mol. The molecule has 0 unspecified atom stereocenters. The van der Waals surface area contributed by atoms with Crippen LogP contribution in [0.1, 0.15) is 0 Å². The summed E-state index contributed by atoms with van der Waals surface area (Å²) in [4.78, 5) is 9.93. The van der Waals surface area contributed by atoms with E-state index in [0.717, 1.165) is 16.8 Å². The predicted molar refractivity (Wildman–Crippen MR) is 87.9 cm³/mol. The zero-order chi connectivity index (χ0) is 16.4. The molecule has 0 fully saturated rings. The minimum absolute atomic E-state index is 0.349. The summed E-state index contributed by atoms with van der Waals surface area (Å²) in [5.74, 6) is 0. The van der Waals surface area contributed by atoms with Crippen molar-refractivity contribution in [1.82, 2.24) is 0 Å². The topological polar surface area (TPSA) is 89.3 Å². The zero-order valence-electron chi connectivity index (χ0n) is 11.8. The van der Waals surface area contributed by atoms with Crippen LogP contribution in [0, 0.1) is 10.1 Å². The lowest BCUT2D eigenvalue weighted by Crippen LogP contribution is -2.14. The largest absolute Gasteiger partial charge is 0.289 e. The van der Waals surface area contributed by atoms with Gasteiger partial charge in [0.15, 0.2) is 4.90 Å². The van der Waals surface area contributed by atoms with Gasteiger partial charge in [-0.25, -0.2) is 8.42 Å². The fourth-order valence-corrected chi connectivity index (χ4v) is 3.52. The molecule has 0 aliphatic heterocycles. The van der Waals surface area contributed by atoms with Crippen LogP contribution in [-0.4, -0.2) is 13.3 Å². The number of fused-ring (bicyclic) bond motifs is 1. The van der Waals surface area contributed by atoms with Gasteiger partial charge in [0.1, 0.15) is 0 Å². The first-order valence-electron chi connectivity index (χ1n) is 6.72. The van der Waals surface area contributed by atoms with Crippen LogP contribution in [0.25, 0.3) is 10.8 Å². The zero-order valence-corrected chi connectivity index (χ0v) is 12.7. The molecule has 0 amide bonds. The summed E-state index contributed by atoms with van der Waals surface area (Å²) in [5, 5.41) is 12.9. The molecule has 0 saturated heterocycles. The van der Waals surface area contributed by atoms with Gasteiger partial charge >= 0.3 is 0 Å². The van der Waals surface area contributed by atoms with E-state index in [2.05, 4.69) is 4.72 Å². The second-order valence-electron chi connectivity index (χ2n) is 4.89. The van der Waals surface area contributed by atoms with Gasteiger partial charge in [0.05, 0.1) is 4.92 Å². The molecule has 0 aliphatic rings. The highest BCUT2D eigenvalue weighted by atomic mass is 32.2. The van der Waals surface area contributed by atoms with Crippen molar-refractivity contribution in [3.63, 3.8) is 0 Å². The van der Waals surface area contributed by atoms with Crippen molar-refractivity contribution in [2.45, 2.75) is 4.90 Å². The highest BCUT2D eigenvalue weighted by Gasteiger charge is 2.25. The molecule has 3 rings (SSSR count). The highest BCUT2D eigenvalue weighted by Crippen LogP contribution is 2.26. The van der Waals surface area contributed by atoms with Gasteiger partial charge < -0.3 is 0 Å². The predicted octanol–water partition coefficient (Wildman–Crippen LogP) is 3.55. The Balaban J connectivity index is 2.02. The lowest BCUT2D eigenvalue weighted by Gasteiger charge is -2.09. The van der Waals surface area contributed by atoms with Gasteiger partial charge in [-0.2, -0.15) is 0 Å². The maximum Gasteiger partial charge on any atom is 0.289 e. The van der Waals surface area contributed by atoms with E-state index in [-0.39, 0.29) is 4.90 Å². The van der Waals surface area contributed by atoms with E-state index in [0.29, 0.717) is 5.69 Å². The molecule has 116 valence electrons. The van der Waals surface area contributed by atoms with Crippen molar-refractivity contribution in [3.8, 4) is 0 Å². The average Bonchev–Trinajstić information content (AvgIpc) is 2.54. The molecule has 0 heterocycles. The Morgan fingerprint density at radius 1 is 0.870 bits per heavy atom. The summed E-state index contributed by atoms with van der Waals surface area (Å²) in [6.45, 7) is 0. The molecule has 0 aliphatic carbocycles. The maximum atomic E-state index is 12.4. The molecular formula is C16H12N2O4S. The summed E-state index contributed by atoms with van der Waals surface area (Å²) in [5.41, 5.74) is -0.109. The second kappa shape index (κ2) is 5.69. The number of hydrogen-bond donors (Lipinski definition) is 1. The van der Waals surface area contributed by atoms with Gasteiger partial charge in [-0.3, -0.25) is 14.8 Å². The molecule has 0 atom stereocenters. The smallest absolute Gasteiger partial charge is 0.279 e. The minimum Gasteiger partial charge on any atom is -0.279 e. The number of para-hydroxylation sites is 1. The van der Waals surface area contributed by atoms with Crippen molar-refractivity contribution in [2.75, 3.05) is 4.72 Å². The quantitative estimate of drug-likeness (QED) is 0.586. The molecule has 7 heteroatoms. The molecule has 0 saturated carbocycles. The standard InChI is InChI=1S/C16H12N2O4S/c19-18(20)15-7-3-4-8-16(15)23(21,22)17-14-10-9-12-5-1-2-6-13(12)11-14/h1-11,17H. The first-order valence-corrected chi connectivity index (χ1v) is 8.21. The Bertz CT molecular complexity index is 1000. The van der Waals surface area contributed by atoms with Gasteiger partial charge in [-0.15, -0.1) is 0 Å². The highest BCUT2D eigenvalue weighted by molar-refractivity contribution is 7.92. The van der Waals surface area contributed by atoms with Crippen LogP contribution < -0.4 is 4.72 Å². The number of nitrogens with one attached hydrogen (secondary N) is 1. The third-order valence-electron chi connectivity index (χ3n) is 3.35. The molecule has 23 heavy (non-hydrogen) atoms. The van der Waals surface area contributed by atoms with E-state index in [1.165, 1.54) is 18.2 Å². The van der Waals surface area contributed by atoms with E-state index in [1.807, 2.05) is 24.3 Å². The molecule has 3 aromatic carbocycles. The van der Waals surface area contributed by atoms with Crippen molar-refractivity contribution in [3.05, 3.63) is 76.8 Å². The fraction of sp³-hybridized carbons (Fsp3) is 0.